The second kappa shape index (κ2) is 8.65. The molecule has 0 aromatic heterocycles. The van der Waals surface area contributed by atoms with E-state index in [1.165, 1.54) is 0 Å². The minimum atomic E-state index is -1.14. The van der Waals surface area contributed by atoms with E-state index in [0.717, 1.165) is 0 Å². The van der Waals surface area contributed by atoms with E-state index in [9.17, 15) is 10.2 Å². The van der Waals surface area contributed by atoms with E-state index in [-0.39, 0.29) is 6.61 Å². The van der Waals surface area contributed by atoms with Crippen LogP contribution in [0.2, 0.25) is 10.0 Å². The second-order valence-electron chi connectivity index (χ2n) is 6.67. The van der Waals surface area contributed by atoms with E-state index >= 15 is 0 Å². The first-order valence-corrected chi connectivity index (χ1v) is 9.70. The number of hydrogen-bond acceptors (Lipinski definition) is 6. The molecule has 6 atom stereocenters. The lowest BCUT2D eigenvalue weighted by atomic mass is 10.0. The van der Waals surface area contributed by atoms with Gasteiger partial charge in [0.25, 0.3) is 0 Å². The number of hydrogen-bond donors (Lipinski definition) is 2. The molecule has 2 aliphatic rings. The Hall–Kier alpha value is -1.22. The summed E-state index contributed by atoms with van der Waals surface area (Å²) in [4.78, 5) is 0. The number of halogens is 2. The first kappa shape index (κ1) is 20.1. The molecule has 0 bridgehead atoms. The highest BCUT2D eigenvalue weighted by Crippen LogP contribution is 2.41. The van der Waals surface area contributed by atoms with E-state index in [1.807, 2.05) is 24.3 Å². The summed E-state index contributed by atoms with van der Waals surface area (Å²) in [7, 11) is 0. The molecule has 0 aliphatic carbocycles. The highest BCUT2D eigenvalue weighted by Gasteiger charge is 2.48. The van der Waals surface area contributed by atoms with Crippen molar-refractivity contribution < 1.29 is 29.2 Å². The van der Waals surface area contributed by atoms with E-state index < -0.39 is 43.6 Å². The van der Waals surface area contributed by atoms with Gasteiger partial charge in [-0.3, -0.25) is 0 Å². The van der Waals surface area contributed by atoms with Crippen molar-refractivity contribution in [3.8, 4) is 0 Å². The predicted octanol–water partition coefficient (Wildman–Crippen LogP) is 3.24. The van der Waals surface area contributed by atoms with Gasteiger partial charge < -0.3 is 29.2 Å². The fourth-order valence-electron chi connectivity index (χ4n) is 3.42. The van der Waals surface area contributed by atoms with Gasteiger partial charge in [-0.1, -0.05) is 59.6 Å². The summed E-state index contributed by atoms with van der Waals surface area (Å²) in [6.07, 6.45) is -4.54. The average molecular weight is 427 g/mol. The first-order chi connectivity index (χ1) is 13.6. The third-order valence-corrected chi connectivity index (χ3v) is 5.53. The number of aliphatic hydroxyl groups excluding tert-OH is 2. The third-order valence-electron chi connectivity index (χ3n) is 4.85. The molecule has 2 N–H and O–H groups in total. The molecule has 2 aromatic carbocycles. The second-order valence-corrected chi connectivity index (χ2v) is 7.48. The summed E-state index contributed by atoms with van der Waals surface area (Å²) in [5.74, 6) is 0. The summed E-state index contributed by atoms with van der Waals surface area (Å²) in [6.45, 7) is -0.241. The Morgan fingerprint density at radius 1 is 0.893 bits per heavy atom. The fraction of sp³-hybridized carbons (Fsp3) is 0.400. The molecule has 6 nitrogen and oxygen atoms in total. The lowest BCUT2D eigenvalue weighted by Crippen LogP contribution is -2.44. The Morgan fingerprint density at radius 3 is 2.11 bits per heavy atom. The van der Waals surface area contributed by atoms with Gasteiger partial charge in [-0.25, -0.2) is 0 Å². The van der Waals surface area contributed by atoms with Crippen molar-refractivity contribution in [3.63, 3.8) is 0 Å². The Bertz CT molecular complexity index is 819. The van der Waals surface area contributed by atoms with Gasteiger partial charge in [0, 0.05) is 21.2 Å². The maximum absolute atomic E-state index is 10.2. The highest BCUT2D eigenvalue weighted by atomic mass is 35.5. The molecule has 2 fully saturated rings. The molecule has 150 valence electrons. The summed E-state index contributed by atoms with van der Waals surface area (Å²) >= 11 is 12.5. The van der Waals surface area contributed by atoms with E-state index in [0.29, 0.717) is 21.2 Å². The summed E-state index contributed by atoms with van der Waals surface area (Å²) in [5.41, 5.74) is 1.36. The van der Waals surface area contributed by atoms with Crippen LogP contribution in [-0.4, -0.2) is 47.8 Å². The van der Waals surface area contributed by atoms with Crippen LogP contribution < -0.4 is 0 Å². The first-order valence-electron chi connectivity index (χ1n) is 8.94. The molecular weight excluding hydrogens is 407 g/mol. The molecule has 28 heavy (non-hydrogen) atoms. The normalized spacial score (nSPS) is 31.2. The molecule has 8 heteroatoms. The van der Waals surface area contributed by atoms with Gasteiger partial charge in [0.2, 0.25) is 0 Å². The van der Waals surface area contributed by atoms with Crippen LogP contribution in [0.3, 0.4) is 0 Å². The van der Waals surface area contributed by atoms with Gasteiger partial charge in [-0.2, -0.15) is 0 Å². The van der Waals surface area contributed by atoms with Crippen molar-refractivity contribution in [3.05, 3.63) is 69.7 Å². The maximum Gasteiger partial charge on any atom is 0.186 e. The molecule has 2 aromatic rings. The van der Waals surface area contributed by atoms with Crippen LogP contribution in [0.1, 0.15) is 23.7 Å². The molecule has 2 unspecified atom stereocenters. The fourth-order valence-corrected chi connectivity index (χ4v) is 3.87. The zero-order chi connectivity index (χ0) is 19.7. The predicted molar refractivity (Wildman–Crippen MR) is 102 cm³/mol. The number of ether oxygens (including phenoxy) is 4. The van der Waals surface area contributed by atoms with Crippen LogP contribution in [0.5, 0.6) is 0 Å². The highest BCUT2D eigenvalue weighted by molar-refractivity contribution is 6.31. The lowest BCUT2D eigenvalue weighted by molar-refractivity contribution is -0.107. The molecule has 0 spiro atoms. The van der Waals surface area contributed by atoms with Crippen LogP contribution >= 0.6 is 23.2 Å². The average Bonchev–Trinajstić information content (AvgIpc) is 3.35. The van der Waals surface area contributed by atoms with Crippen molar-refractivity contribution in [2.75, 3.05) is 13.2 Å². The van der Waals surface area contributed by atoms with Gasteiger partial charge in [-0.05, 0) is 12.1 Å². The van der Waals surface area contributed by atoms with Gasteiger partial charge in [0.1, 0.15) is 24.4 Å². The van der Waals surface area contributed by atoms with Crippen molar-refractivity contribution >= 4 is 23.2 Å². The SMILES string of the molecule is OC[C@@H](O)[C@@H]1OC(c2ccccc2Cl)O[C@H]1[C@@H]1COC(c2ccccc2Cl)O1. The van der Waals surface area contributed by atoms with Crippen molar-refractivity contribution in [1.29, 1.82) is 0 Å². The molecule has 2 heterocycles. The van der Waals surface area contributed by atoms with Crippen LogP contribution in [0.25, 0.3) is 0 Å². The smallest absolute Gasteiger partial charge is 0.186 e. The Kier molecular flexibility index (Phi) is 6.20. The molecule has 2 saturated heterocycles. The number of aliphatic hydroxyl groups is 2. The van der Waals surface area contributed by atoms with Crippen LogP contribution in [0, 0.1) is 0 Å². The van der Waals surface area contributed by atoms with Crippen LogP contribution in [0.4, 0.5) is 0 Å². The number of rotatable bonds is 5. The monoisotopic (exact) mass is 426 g/mol. The van der Waals surface area contributed by atoms with Crippen molar-refractivity contribution in [2.24, 2.45) is 0 Å². The largest absolute Gasteiger partial charge is 0.394 e. The molecule has 0 saturated carbocycles. The van der Waals surface area contributed by atoms with Gasteiger partial charge in [0.15, 0.2) is 12.6 Å². The Labute approximate surface area is 172 Å². The maximum atomic E-state index is 10.2. The number of benzene rings is 2. The molecule has 4 rings (SSSR count). The lowest BCUT2D eigenvalue weighted by Gasteiger charge is -2.24. The Balaban J connectivity index is 1.53. The molecular formula is C20H20Cl2O6. The third kappa shape index (κ3) is 3.92. The van der Waals surface area contributed by atoms with E-state index in [4.69, 9.17) is 42.1 Å². The minimum absolute atomic E-state index is 0.230. The summed E-state index contributed by atoms with van der Waals surface area (Å²) in [5, 5.41) is 20.7. The zero-order valence-electron chi connectivity index (χ0n) is 14.8. The zero-order valence-corrected chi connectivity index (χ0v) is 16.3. The van der Waals surface area contributed by atoms with Crippen molar-refractivity contribution in [2.45, 2.75) is 37.0 Å². The summed E-state index contributed by atoms with van der Waals surface area (Å²) < 4.78 is 23.7. The van der Waals surface area contributed by atoms with Gasteiger partial charge in [0.05, 0.1) is 13.2 Å². The quantitative estimate of drug-likeness (QED) is 0.763. The van der Waals surface area contributed by atoms with Gasteiger partial charge >= 0.3 is 0 Å². The van der Waals surface area contributed by atoms with Crippen LogP contribution in [0.15, 0.2) is 48.5 Å². The molecule has 2 aliphatic heterocycles. The molecule has 0 radical (unpaired) electrons. The standard InChI is InChI=1S/C20H20Cl2O6/c21-13-7-3-1-5-11(13)19-25-10-16(26-19)18-17(15(24)9-23)27-20(28-18)12-6-2-4-8-14(12)22/h1-8,15-20,23-24H,9-10H2/t15-,16+,17+,18+,19?,20?/m1/s1. The minimum Gasteiger partial charge on any atom is -0.394 e. The van der Waals surface area contributed by atoms with Crippen molar-refractivity contribution in [1.82, 2.24) is 0 Å². The summed E-state index contributed by atoms with van der Waals surface area (Å²) in [6, 6.07) is 14.4. The van der Waals surface area contributed by atoms with E-state index in [2.05, 4.69) is 0 Å². The van der Waals surface area contributed by atoms with Gasteiger partial charge in [-0.15, -0.1) is 0 Å². The topological polar surface area (TPSA) is 77.4 Å². The van der Waals surface area contributed by atoms with Crippen LogP contribution in [-0.2, 0) is 18.9 Å². The van der Waals surface area contributed by atoms with E-state index in [1.54, 1.807) is 24.3 Å². The Morgan fingerprint density at radius 2 is 1.50 bits per heavy atom. The molecule has 0 amide bonds.